The van der Waals surface area contributed by atoms with Crippen LogP contribution in [0.5, 0.6) is 0 Å². The zero-order chi connectivity index (χ0) is 15.8. The maximum absolute atomic E-state index is 13.6. The van der Waals surface area contributed by atoms with E-state index in [0.717, 1.165) is 56.0 Å². The van der Waals surface area contributed by atoms with Crippen LogP contribution in [0.15, 0.2) is 30.6 Å². The van der Waals surface area contributed by atoms with Crippen LogP contribution < -0.4 is 4.90 Å². The monoisotopic (exact) mass is 312 g/mol. The fourth-order valence-corrected chi connectivity index (χ4v) is 3.79. The lowest BCUT2D eigenvalue weighted by Crippen LogP contribution is -2.32. The van der Waals surface area contributed by atoms with Crippen LogP contribution in [0.2, 0.25) is 0 Å². The van der Waals surface area contributed by atoms with Crippen molar-refractivity contribution in [1.29, 1.82) is 0 Å². The van der Waals surface area contributed by atoms with Crippen molar-refractivity contribution in [1.82, 2.24) is 14.9 Å². The van der Waals surface area contributed by atoms with E-state index >= 15 is 0 Å². The van der Waals surface area contributed by atoms with Gasteiger partial charge in [-0.3, -0.25) is 0 Å². The van der Waals surface area contributed by atoms with Crippen molar-refractivity contribution in [3.8, 4) is 0 Å². The Labute approximate surface area is 136 Å². The number of hydrogen-bond donors (Lipinski definition) is 0. The molecule has 0 N–H and O–H groups in total. The predicted octanol–water partition coefficient (Wildman–Crippen LogP) is 2.95. The van der Waals surface area contributed by atoms with E-state index in [9.17, 15) is 4.39 Å². The molecule has 4 rings (SSSR count). The van der Waals surface area contributed by atoms with Gasteiger partial charge >= 0.3 is 0 Å². The van der Waals surface area contributed by atoms with E-state index in [0.29, 0.717) is 0 Å². The second-order valence-electron chi connectivity index (χ2n) is 6.52. The predicted molar refractivity (Wildman–Crippen MR) is 87.8 cm³/mol. The first-order valence-corrected chi connectivity index (χ1v) is 8.26. The van der Waals surface area contributed by atoms with Crippen LogP contribution in [-0.4, -0.2) is 35.0 Å². The summed E-state index contributed by atoms with van der Waals surface area (Å²) in [6.45, 7) is 2.89. The van der Waals surface area contributed by atoms with Crippen molar-refractivity contribution >= 4 is 5.82 Å². The molecule has 0 saturated carbocycles. The summed E-state index contributed by atoms with van der Waals surface area (Å²) in [6.07, 6.45) is 4.80. The minimum Gasteiger partial charge on any atom is -0.349 e. The molecule has 0 unspecified atom stereocenters. The van der Waals surface area contributed by atoms with E-state index in [4.69, 9.17) is 0 Å². The molecule has 2 aromatic rings. The highest BCUT2D eigenvalue weighted by molar-refractivity contribution is 5.52. The minimum atomic E-state index is -0.168. The Morgan fingerprint density at radius 2 is 2.13 bits per heavy atom. The number of hydrogen-bond acceptors (Lipinski definition) is 4. The van der Waals surface area contributed by atoms with Crippen LogP contribution in [0.1, 0.15) is 35.7 Å². The molecule has 4 nitrogen and oxygen atoms in total. The van der Waals surface area contributed by atoms with Gasteiger partial charge in [-0.1, -0.05) is 12.1 Å². The Kier molecular flexibility index (Phi) is 3.73. The molecule has 0 amide bonds. The quantitative estimate of drug-likeness (QED) is 0.853. The van der Waals surface area contributed by atoms with Crippen LogP contribution in [0.4, 0.5) is 10.2 Å². The molecule has 1 aromatic carbocycles. The molecule has 120 valence electrons. The molecule has 0 radical (unpaired) electrons. The Hall–Kier alpha value is -2.01. The Bertz CT molecular complexity index is 718. The zero-order valence-corrected chi connectivity index (χ0v) is 13.4. The van der Waals surface area contributed by atoms with Crippen molar-refractivity contribution < 1.29 is 4.39 Å². The van der Waals surface area contributed by atoms with Gasteiger partial charge in [0, 0.05) is 31.6 Å². The van der Waals surface area contributed by atoms with E-state index in [2.05, 4.69) is 26.8 Å². The second kappa shape index (κ2) is 5.89. The van der Waals surface area contributed by atoms with Crippen molar-refractivity contribution in [2.75, 3.05) is 25.0 Å². The first kappa shape index (κ1) is 14.6. The van der Waals surface area contributed by atoms with Crippen LogP contribution in [0.3, 0.4) is 0 Å². The second-order valence-corrected chi connectivity index (χ2v) is 6.52. The largest absolute Gasteiger partial charge is 0.349 e. The maximum Gasteiger partial charge on any atom is 0.137 e. The van der Waals surface area contributed by atoms with Crippen LogP contribution in [0.25, 0.3) is 0 Å². The molecule has 1 fully saturated rings. The lowest BCUT2D eigenvalue weighted by molar-refractivity contribution is 0.309. The maximum atomic E-state index is 13.6. The summed E-state index contributed by atoms with van der Waals surface area (Å²) in [7, 11) is 2.13. The van der Waals surface area contributed by atoms with Gasteiger partial charge in [-0.15, -0.1) is 0 Å². The molecule has 1 saturated heterocycles. The third-order valence-electron chi connectivity index (χ3n) is 4.93. The van der Waals surface area contributed by atoms with E-state index in [-0.39, 0.29) is 11.9 Å². The molecule has 1 atom stereocenters. The topological polar surface area (TPSA) is 32.3 Å². The number of aromatic nitrogens is 2. The molecule has 0 bridgehead atoms. The first-order chi connectivity index (χ1) is 11.2. The number of anilines is 1. The fraction of sp³-hybridized carbons (Fsp3) is 0.444. The van der Waals surface area contributed by atoms with Crippen molar-refractivity contribution in [2.24, 2.45) is 0 Å². The molecule has 0 spiro atoms. The van der Waals surface area contributed by atoms with E-state index < -0.39 is 0 Å². The zero-order valence-electron chi connectivity index (χ0n) is 13.4. The van der Waals surface area contributed by atoms with Crippen molar-refractivity contribution in [3.05, 3.63) is 53.2 Å². The summed E-state index contributed by atoms with van der Waals surface area (Å²) in [5.41, 5.74) is 3.45. The summed E-state index contributed by atoms with van der Waals surface area (Å²) in [5, 5.41) is 0. The highest BCUT2D eigenvalue weighted by Gasteiger charge is 2.31. The highest BCUT2D eigenvalue weighted by atomic mass is 19.1. The van der Waals surface area contributed by atoms with Crippen molar-refractivity contribution in [3.63, 3.8) is 0 Å². The number of benzene rings is 1. The number of halogens is 1. The van der Waals surface area contributed by atoms with E-state index in [1.807, 2.05) is 6.07 Å². The fourth-order valence-electron chi connectivity index (χ4n) is 3.79. The summed E-state index contributed by atoms with van der Waals surface area (Å²) >= 11 is 0. The summed E-state index contributed by atoms with van der Waals surface area (Å²) in [6, 6.07) is 7.18. The summed E-state index contributed by atoms with van der Waals surface area (Å²) in [4.78, 5) is 13.7. The Morgan fingerprint density at radius 1 is 1.22 bits per heavy atom. The van der Waals surface area contributed by atoms with Crippen LogP contribution in [-0.2, 0) is 13.0 Å². The minimum absolute atomic E-state index is 0.168. The van der Waals surface area contributed by atoms with Gasteiger partial charge in [-0.25, -0.2) is 14.4 Å². The lowest BCUT2D eigenvalue weighted by Gasteiger charge is -2.32. The Balaban J connectivity index is 1.72. The van der Waals surface area contributed by atoms with Crippen LogP contribution >= 0.6 is 0 Å². The average Bonchev–Trinajstić information content (AvgIpc) is 3.03. The molecule has 2 aliphatic heterocycles. The molecule has 3 heterocycles. The first-order valence-electron chi connectivity index (χ1n) is 8.26. The highest BCUT2D eigenvalue weighted by Crippen LogP contribution is 2.38. The van der Waals surface area contributed by atoms with Gasteiger partial charge in [0.2, 0.25) is 0 Å². The SMILES string of the molecule is CN1CCc2ncnc(N3CCC[C@@H]3c3cccc(F)c3)c2C1. The van der Waals surface area contributed by atoms with Crippen molar-refractivity contribution in [2.45, 2.75) is 31.8 Å². The average molecular weight is 312 g/mol. The van der Waals surface area contributed by atoms with E-state index in [1.54, 1.807) is 18.5 Å². The van der Waals surface area contributed by atoms with Gasteiger partial charge in [0.15, 0.2) is 0 Å². The van der Waals surface area contributed by atoms with Gasteiger partial charge < -0.3 is 9.80 Å². The van der Waals surface area contributed by atoms with Gasteiger partial charge in [-0.05, 0) is 37.6 Å². The summed E-state index contributed by atoms with van der Waals surface area (Å²) < 4.78 is 13.6. The molecule has 0 aliphatic carbocycles. The van der Waals surface area contributed by atoms with Gasteiger partial charge in [0.25, 0.3) is 0 Å². The third-order valence-corrected chi connectivity index (χ3v) is 4.93. The smallest absolute Gasteiger partial charge is 0.137 e. The molecule has 2 aliphatic rings. The lowest BCUT2D eigenvalue weighted by atomic mass is 10.0. The number of nitrogens with zero attached hydrogens (tertiary/aromatic N) is 4. The Morgan fingerprint density at radius 3 is 3.00 bits per heavy atom. The standard InChI is InChI=1S/C18H21FN4/c1-22-9-7-16-15(11-22)18(21-12-20-16)23-8-3-6-17(23)13-4-2-5-14(19)10-13/h2,4-5,10,12,17H,3,6-9,11H2,1H3/t17-/m1/s1. The van der Waals surface area contributed by atoms with Gasteiger partial charge in [-0.2, -0.15) is 0 Å². The molecular weight excluding hydrogens is 291 g/mol. The molecule has 5 heteroatoms. The normalized spacial score (nSPS) is 21.5. The molecular formula is C18H21FN4. The van der Waals surface area contributed by atoms with E-state index in [1.165, 1.54) is 11.6 Å². The summed E-state index contributed by atoms with van der Waals surface area (Å²) in [5.74, 6) is 0.868. The van der Waals surface area contributed by atoms with Gasteiger partial charge in [0.1, 0.15) is 18.0 Å². The van der Waals surface area contributed by atoms with Crippen LogP contribution in [0, 0.1) is 5.82 Å². The third kappa shape index (κ3) is 2.70. The number of fused-ring (bicyclic) bond motifs is 1. The molecule has 1 aromatic heterocycles. The molecule has 23 heavy (non-hydrogen) atoms. The number of likely N-dealkylation sites (N-methyl/N-ethyl adjacent to an activating group) is 1. The van der Waals surface area contributed by atoms with Gasteiger partial charge in [0.05, 0.1) is 11.7 Å². The number of rotatable bonds is 2.